The number of H-pyrrole nitrogens is 1. The Morgan fingerprint density at radius 2 is 2.13 bits per heavy atom. The molecule has 0 spiro atoms. The van der Waals surface area contributed by atoms with Crippen molar-refractivity contribution >= 4 is 11.7 Å². The zero-order valence-corrected chi connectivity index (χ0v) is 12.0. The van der Waals surface area contributed by atoms with Crippen molar-refractivity contribution in [2.75, 3.05) is 12.8 Å². The summed E-state index contributed by atoms with van der Waals surface area (Å²) in [6.07, 6.45) is 1.49. The second-order valence-corrected chi connectivity index (χ2v) is 4.56. The van der Waals surface area contributed by atoms with Crippen LogP contribution >= 0.6 is 0 Å². The van der Waals surface area contributed by atoms with Crippen LogP contribution in [0.3, 0.4) is 0 Å². The van der Waals surface area contributed by atoms with E-state index in [1.54, 1.807) is 24.3 Å². The van der Waals surface area contributed by atoms with E-state index in [4.69, 9.17) is 15.7 Å². The first kappa shape index (κ1) is 14.3. The first-order valence-corrected chi connectivity index (χ1v) is 6.49. The Hall–Kier alpha value is -3.67. The molecule has 3 aromatic rings. The maximum atomic E-state index is 11.9. The van der Waals surface area contributed by atoms with Gasteiger partial charge in [-0.2, -0.15) is 10.5 Å². The minimum absolute atomic E-state index is 0.0848. The summed E-state index contributed by atoms with van der Waals surface area (Å²) < 4.78 is 6.25. The molecule has 9 heteroatoms. The molecule has 0 saturated carbocycles. The van der Waals surface area contributed by atoms with Crippen LogP contribution in [0.25, 0.3) is 17.1 Å². The molecule has 0 aliphatic rings. The zero-order valence-electron chi connectivity index (χ0n) is 12.0. The number of hydrogen-bond acceptors (Lipinski definition) is 7. The highest BCUT2D eigenvalue weighted by Gasteiger charge is 2.21. The van der Waals surface area contributed by atoms with Crippen molar-refractivity contribution in [3.8, 4) is 23.1 Å². The van der Waals surface area contributed by atoms with Gasteiger partial charge in [-0.05, 0) is 29.5 Å². The van der Waals surface area contributed by atoms with Crippen LogP contribution < -0.4 is 5.73 Å². The fraction of sp³-hybridized carbons (Fsp3) is 0.0714. The number of carbonyl (C=O) groups is 1. The Morgan fingerprint density at radius 3 is 2.70 bits per heavy atom. The van der Waals surface area contributed by atoms with Gasteiger partial charge < -0.3 is 15.0 Å². The van der Waals surface area contributed by atoms with Gasteiger partial charge >= 0.3 is 5.97 Å². The van der Waals surface area contributed by atoms with Gasteiger partial charge in [-0.15, -0.1) is 10.2 Å². The predicted octanol–water partition coefficient (Wildman–Crippen LogP) is 0.898. The van der Waals surface area contributed by atoms with Gasteiger partial charge in [-0.3, -0.25) is 0 Å². The minimum Gasteiger partial charge on any atom is -0.464 e. The number of hydrogen-bond donors (Lipinski definition) is 2. The summed E-state index contributed by atoms with van der Waals surface area (Å²) in [4.78, 5) is 11.9. The van der Waals surface area contributed by atoms with Crippen LogP contribution in [0, 0.1) is 11.3 Å². The SMILES string of the molecule is COC(=O)c1c(N)c(C#N)cn1-c1ccc(-c2nn[nH]n2)cc1. The van der Waals surface area contributed by atoms with E-state index in [-0.39, 0.29) is 16.9 Å². The molecule has 0 bridgehead atoms. The molecule has 3 N–H and O–H groups in total. The third-order valence-corrected chi connectivity index (χ3v) is 3.29. The summed E-state index contributed by atoms with van der Waals surface area (Å²) in [5, 5.41) is 22.8. The molecule has 114 valence electrons. The average molecular weight is 309 g/mol. The van der Waals surface area contributed by atoms with E-state index in [2.05, 4.69) is 20.6 Å². The van der Waals surface area contributed by atoms with Crippen LogP contribution in [-0.2, 0) is 4.74 Å². The molecule has 0 saturated heterocycles. The number of aromatic nitrogens is 5. The summed E-state index contributed by atoms with van der Waals surface area (Å²) in [6.45, 7) is 0. The number of nitrogen functional groups attached to an aromatic ring is 1. The number of tetrazole rings is 1. The number of esters is 1. The zero-order chi connectivity index (χ0) is 16.4. The highest BCUT2D eigenvalue weighted by atomic mass is 16.5. The maximum absolute atomic E-state index is 11.9. The van der Waals surface area contributed by atoms with E-state index < -0.39 is 5.97 Å². The number of nitriles is 1. The van der Waals surface area contributed by atoms with Crippen molar-refractivity contribution in [3.05, 3.63) is 41.7 Å². The molecule has 2 heterocycles. The lowest BCUT2D eigenvalue weighted by atomic mass is 10.2. The third-order valence-electron chi connectivity index (χ3n) is 3.29. The summed E-state index contributed by atoms with van der Waals surface area (Å²) in [5.74, 6) is -0.166. The lowest BCUT2D eigenvalue weighted by molar-refractivity contribution is 0.0593. The van der Waals surface area contributed by atoms with E-state index in [1.165, 1.54) is 17.9 Å². The maximum Gasteiger partial charge on any atom is 0.357 e. The van der Waals surface area contributed by atoms with Gasteiger partial charge in [-0.25, -0.2) is 4.79 Å². The van der Waals surface area contributed by atoms with E-state index >= 15 is 0 Å². The Kier molecular flexibility index (Phi) is 3.48. The minimum atomic E-state index is -0.619. The number of carbonyl (C=O) groups excluding carboxylic acids is 1. The van der Waals surface area contributed by atoms with E-state index in [0.29, 0.717) is 11.5 Å². The molecular weight excluding hydrogens is 298 g/mol. The fourth-order valence-electron chi connectivity index (χ4n) is 2.17. The molecular formula is C14H11N7O2. The van der Waals surface area contributed by atoms with Crippen LogP contribution in [-0.4, -0.2) is 38.3 Å². The number of benzene rings is 1. The summed E-state index contributed by atoms with van der Waals surface area (Å²) >= 11 is 0. The fourth-order valence-corrected chi connectivity index (χ4v) is 2.17. The highest BCUT2D eigenvalue weighted by Crippen LogP contribution is 2.25. The molecule has 0 atom stereocenters. The first-order chi connectivity index (χ1) is 11.2. The third kappa shape index (κ3) is 2.38. The molecule has 0 radical (unpaired) electrons. The van der Waals surface area contributed by atoms with Crippen molar-refractivity contribution in [1.82, 2.24) is 25.2 Å². The average Bonchev–Trinajstić information content (AvgIpc) is 3.22. The molecule has 0 fully saturated rings. The number of rotatable bonds is 3. The lowest BCUT2D eigenvalue weighted by Gasteiger charge is -2.08. The largest absolute Gasteiger partial charge is 0.464 e. The number of methoxy groups -OCH3 is 1. The second kappa shape index (κ2) is 5.61. The first-order valence-electron chi connectivity index (χ1n) is 6.49. The van der Waals surface area contributed by atoms with Gasteiger partial charge in [0.1, 0.15) is 6.07 Å². The number of aromatic amines is 1. The molecule has 23 heavy (non-hydrogen) atoms. The van der Waals surface area contributed by atoms with Crippen molar-refractivity contribution in [2.24, 2.45) is 0 Å². The summed E-state index contributed by atoms with van der Waals surface area (Å²) in [6, 6.07) is 8.98. The van der Waals surface area contributed by atoms with E-state index in [0.717, 1.165) is 5.56 Å². The Labute approximate surface area is 130 Å². The number of nitrogens with one attached hydrogen (secondary N) is 1. The van der Waals surface area contributed by atoms with Crippen molar-refractivity contribution in [2.45, 2.75) is 0 Å². The van der Waals surface area contributed by atoms with Crippen molar-refractivity contribution < 1.29 is 9.53 Å². The second-order valence-electron chi connectivity index (χ2n) is 4.56. The molecule has 1 aromatic carbocycles. The topological polar surface area (TPSA) is 136 Å². The van der Waals surface area contributed by atoms with Crippen molar-refractivity contribution in [3.63, 3.8) is 0 Å². The molecule has 9 nitrogen and oxygen atoms in total. The monoisotopic (exact) mass is 309 g/mol. The summed E-state index contributed by atoms with van der Waals surface area (Å²) in [5.41, 5.74) is 7.65. The smallest absolute Gasteiger partial charge is 0.357 e. The standard InChI is InChI=1S/C14H11N7O2/c1-23-14(22)12-11(16)9(6-15)7-21(12)10-4-2-8(3-5-10)13-17-19-20-18-13/h2-5,7H,16H2,1H3,(H,17,18,19,20). The molecule has 3 rings (SSSR count). The van der Waals surface area contributed by atoms with Crippen LogP contribution in [0.2, 0.25) is 0 Å². The Bertz CT molecular complexity index is 889. The van der Waals surface area contributed by atoms with Gasteiger partial charge in [0.2, 0.25) is 5.82 Å². The Balaban J connectivity index is 2.08. The lowest BCUT2D eigenvalue weighted by Crippen LogP contribution is -2.11. The quantitative estimate of drug-likeness (QED) is 0.686. The van der Waals surface area contributed by atoms with Gasteiger partial charge in [0.15, 0.2) is 5.69 Å². The van der Waals surface area contributed by atoms with E-state index in [1.807, 2.05) is 6.07 Å². The van der Waals surface area contributed by atoms with Crippen molar-refractivity contribution in [1.29, 1.82) is 5.26 Å². The Morgan fingerprint density at radius 1 is 1.39 bits per heavy atom. The number of ether oxygens (including phenoxy) is 1. The summed E-state index contributed by atoms with van der Waals surface area (Å²) in [7, 11) is 1.25. The molecule has 0 amide bonds. The molecule has 2 aromatic heterocycles. The molecule has 0 unspecified atom stereocenters. The number of nitrogens with two attached hydrogens (primary N) is 1. The van der Waals surface area contributed by atoms with E-state index in [9.17, 15) is 4.79 Å². The van der Waals surface area contributed by atoms with Crippen LogP contribution in [0.5, 0.6) is 0 Å². The van der Waals surface area contributed by atoms with Crippen LogP contribution in [0.1, 0.15) is 16.1 Å². The highest BCUT2D eigenvalue weighted by molar-refractivity contribution is 5.95. The number of anilines is 1. The molecule has 0 aliphatic carbocycles. The number of nitrogens with zero attached hydrogens (tertiary/aromatic N) is 5. The van der Waals surface area contributed by atoms with Crippen LogP contribution in [0.4, 0.5) is 5.69 Å². The predicted molar refractivity (Wildman–Crippen MR) is 79.4 cm³/mol. The van der Waals surface area contributed by atoms with Crippen LogP contribution in [0.15, 0.2) is 30.5 Å². The van der Waals surface area contributed by atoms with Gasteiger partial charge in [0.05, 0.1) is 18.4 Å². The normalized spacial score (nSPS) is 10.3. The van der Waals surface area contributed by atoms with Gasteiger partial charge in [0.25, 0.3) is 0 Å². The molecule has 0 aliphatic heterocycles. The van der Waals surface area contributed by atoms with Gasteiger partial charge in [0, 0.05) is 17.4 Å². The van der Waals surface area contributed by atoms with Gasteiger partial charge in [-0.1, -0.05) is 0 Å².